The average Bonchev–Trinajstić information content (AvgIpc) is 3.28. The predicted octanol–water partition coefficient (Wildman–Crippen LogP) is 2.18. The zero-order chi connectivity index (χ0) is 24.1. The van der Waals surface area contributed by atoms with E-state index in [-0.39, 0.29) is 22.8 Å². The average molecular weight is 473 g/mol. The van der Waals surface area contributed by atoms with Crippen LogP contribution in [0.25, 0.3) is 0 Å². The van der Waals surface area contributed by atoms with Crippen LogP contribution in [0.4, 0.5) is 5.69 Å². The number of carbonyl (C=O) groups excluding carboxylic acids is 2. The molecule has 0 aromatic heterocycles. The number of carbonyl (C=O) groups is 2. The van der Waals surface area contributed by atoms with E-state index < -0.39 is 21.6 Å². The van der Waals surface area contributed by atoms with Crippen molar-refractivity contribution in [2.24, 2.45) is 0 Å². The van der Waals surface area contributed by atoms with Gasteiger partial charge in [0.2, 0.25) is 21.8 Å². The Morgan fingerprint density at radius 1 is 1.06 bits per heavy atom. The predicted molar refractivity (Wildman–Crippen MR) is 128 cm³/mol. The normalized spacial score (nSPS) is 17.4. The van der Waals surface area contributed by atoms with E-state index in [0.717, 1.165) is 24.9 Å². The molecule has 1 unspecified atom stereocenters. The zero-order valence-electron chi connectivity index (χ0n) is 19.2. The highest BCUT2D eigenvalue weighted by molar-refractivity contribution is 7.89. The topological polar surface area (TPSA) is 116 Å². The second-order valence-electron chi connectivity index (χ2n) is 9.27. The molecule has 2 aromatic carbocycles. The summed E-state index contributed by atoms with van der Waals surface area (Å²) in [4.78, 5) is 25.8. The molecule has 0 radical (unpaired) electrons. The van der Waals surface area contributed by atoms with Crippen LogP contribution in [-0.2, 0) is 26.0 Å². The number of anilines is 1. The van der Waals surface area contributed by atoms with Gasteiger partial charge in [0.1, 0.15) is 6.04 Å². The minimum absolute atomic E-state index is 0.108. The highest BCUT2D eigenvalue weighted by Crippen LogP contribution is 2.17. The van der Waals surface area contributed by atoms with E-state index in [9.17, 15) is 18.0 Å². The highest BCUT2D eigenvalue weighted by atomic mass is 32.2. The Kier molecular flexibility index (Phi) is 7.88. The van der Waals surface area contributed by atoms with E-state index in [0.29, 0.717) is 12.1 Å². The lowest BCUT2D eigenvalue weighted by Gasteiger charge is -2.21. The summed E-state index contributed by atoms with van der Waals surface area (Å²) in [7, 11) is -3.67. The Morgan fingerprint density at radius 2 is 1.73 bits per heavy atom. The molecule has 4 N–H and O–H groups in total. The van der Waals surface area contributed by atoms with Gasteiger partial charge in [0, 0.05) is 17.6 Å². The molecular formula is C24H32N4O4S. The third-order valence-corrected chi connectivity index (χ3v) is 6.94. The van der Waals surface area contributed by atoms with E-state index in [4.69, 9.17) is 0 Å². The molecule has 178 valence electrons. The maximum atomic E-state index is 13.1. The molecule has 1 heterocycles. The van der Waals surface area contributed by atoms with E-state index in [1.165, 1.54) is 24.3 Å². The second-order valence-corrected chi connectivity index (χ2v) is 11.0. The van der Waals surface area contributed by atoms with Gasteiger partial charge in [-0.1, -0.05) is 30.3 Å². The summed E-state index contributed by atoms with van der Waals surface area (Å²) in [5, 5.41) is 8.81. The molecule has 0 bridgehead atoms. The first kappa shape index (κ1) is 24.9. The first-order valence-corrected chi connectivity index (χ1v) is 12.5. The maximum Gasteiger partial charge on any atom is 0.247 e. The lowest BCUT2D eigenvalue weighted by Crippen LogP contribution is -2.50. The lowest BCUT2D eigenvalue weighted by atomic mass is 10.0. The van der Waals surface area contributed by atoms with Crippen LogP contribution in [0, 0.1) is 0 Å². The van der Waals surface area contributed by atoms with Crippen LogP contribution in [0.2, 0.25) is 0 Å². The van der Waals surface area contributed by atoms with Crippen LogP contribution < -0.4 is 20.7 Å². The fourth-order valence-electron chi connectivity index (χ4n) is 3.65. The van der Waals surface area contributed by atoms with E-state index in [1.807, 2.05) is 30.3 Å². The van der Waals surface area contributed by atoms with Crippen LogP contribution in [0.15, 0.2) is 59.5 Å². The van der Waals surface area contributed by atoms with Crippen LogP contribution in [-0.4, -0.2) is 44.4 Å². The van der Waals surface area contributed by atoms with Crippen molar-refractivity contribution in [2.75, 3.05) is 11.9 Å². The monoisotopic (exact) mass is 472 g/mol. The summed E-state index contributed by atoms with van der Waals surface area (Å²) in [6.07, 6.45) is 2.00. The summed E-state index contributed by atoms with van der Waals surface area (Å²) < 4.78 is 27.6. The SMILES string of the molecule is CC(C)(C)NS(=O)(=O)c1ccc(NC(=O)C(Cc2ccccc2)NC(=O)[C@@H]2CCCN2)cc1. The molecule has 1 aliphatic heterocycles. The number of benzene rings is 2. The number of sulfonamides is 1. The van der Waals surface area contributed by atoms with Crippen LogP contribution in [0.1, 0.15) is 39.2 Å². The molecule has 2 atom stereocenters. The molecule has 0 saturated carbocycles. The van der Waals surface area contributed by atoms with Gasteiger partial charge in [-0.25, -0.2) is 13.1 Å². The van der Waals surface area contributed by atoms with Crippen molar-refractivity contribution < 1.29 is 18.0 Å². The Morgan fingerprint density at radius 3 is 2.30 bits per heavy atom. The fourth-order valence-corrected chi connectivity index (χ4v) is 5.07. The van der Waals surface area contributed by atoms with Gasteiger partial charge in [-0.2, -0.15) is 0 Å². The van der Waals surface area contributed by atoms with Crippen molar-refractivity contribution in [1.29, 1.82) is 0 Å². The Balaban J connectivity index is 1.72. The van der Waals surface area contributed by atoms with Gasteiger partial charge in [-0.3, -0.25) is 9.59 Å². The zero-order valence-corrected chi connectivity index (χ0v) is 20.0. The van der Waals surface area contributed by atoms with Crippen molar-refractivity contribution in [3.8, 4) is 0 Å². The van der Waals surface area contributed by atoms with Gasteiger partial charge >= 0.3 is 0 Å². The number of amides is 2. The lowest BCUT2D eigenvalue weighted by molar-refractivity contribution is -0.127. The van der Waals surface area contributed by atoms with Crippen molar-refractivity contribution in [1.82, 2.24) is 15.4 Å². The molecule has 1 fully saturated rings. The van der Waals surface area contributed by atoms with Crippen molar-refractivity contribution >= 4 is 27.5 Å². The molecule has 1 aliphatic rings. The minimum atomic E-state index is -3.67. The molecule has 0 aliphatic carbocycles. The van der Waals surface area contributed by atoms with Crippen LogP contribution in [0.3, 0.4) is 0 Å². The molecule has 9 heteroatoms. The van der Waals surface area contributed by atoms with Gasteiger partial charge < -0.3 is 16.0 Å². The van der Waals surface area contributed by atoms with Crippen LogP contribution >= 0.6 is 0 Å². The van der Waals surface area contributed by atoms with Gasteiger partial charge in [0.25, 0.3) is 0 Å². The molecule has 2 aromatic rings. The van der Waals surface area contributed by atoms with E-state index in [1.54, 1.807) is 20.8 Å². The van der Waals surface area contributed by atoms with Gasteiger partial charge in [0.05, 0.1) is 10.9 Å². The molecule has 0 spiro atoms. The van der Waals surface area contributed by atoms with Crippen molar-refractivity contribution in [3.05, 3.63) is 60.2 Å². The number of rotatable bonds is 8. The quantitative estimate of drug-likeness (QED) is 0.470. The summed E-state index contributed by atoms with van der Waals surface area (Å²) in [6, 6.07) is 14.4. The van der Waals surface area contributed by atoms with Crippen molar-refractivity contribution in [3.63, 3.8) is 0 Å². The molecule has 8 nitrogen and oxygen atoms in total. The van der Waals surface area contributed by atoms with Gasteiger partial charge in [0.15, 0.2) is 0 Å². The second kappa shape index (κ2) is 10.5. The largest absolute Gasteiger partial charge is 0.343 e. The summed E-state index contributed by atoms with van der Waals surface area (Å²) >= 11 is 0. The number of nitrogens with one attached hydrogen (secondary N) is 4. The van der Waals surface area contributed by atoms with E-state index in [2.05, 4.69) is 20.7 Å². The Bertz CT molecular complexity index is 1060. The molecular weight excluding hydrogens is 440 g/mol. The number of hydrogen-bond donors (Lipinski definition) is 4. The highest BCUT2D eigenvalue weighted by Gasteiger charge is 2.28. The Labute approximate surface area is 195 Å². The van der Waals surface area contributed by atoms with Crippen LogP contribution in [0.5, 0.6) is 0 Å². The first-order chi connectivity index (χ1) is 15.5. The summed E-state index contributed by atoms with van der Waals surface area (Å²) in [6.45, 7) is 6.08. The fraction of sp³-hybridized carbons (Fsp3) is 0.417. The maximum absolute atomic E-state index is 13.1. The molecule has 1 saturated heterocycles. The van der Waals surface area contributed by atoms with Gasteiger partial charge in [-0.15, -0.1) is 0 Å². The third-order valence-electron chi connectivity index (χ3n) is 5.17. The smallest absolute Gasteiger partial charge is 0.247 e. The Hall–Kier alpha value is -2.75. The third kappa shape index (κ3) is 7.38. The summed E-state index contributed by atoms with van der Waals surface area (Å²) in [5.74, 6) is -0.563. The number of hydrogen-bond acceptors (Lipinski definition) is 5. The molecule has 3 rings (SSSR count). The van der Waals surface area contributed by atoms with Gasteiger partial charge in [-0.05, 0) is 70.0 Å². The first-order valence-electron chi connectivity index (χ1n) is 11.1. The van der Waals surface area contributed by atoms with E-state index >= 15 is 0 Å². The molecule has 2 amide bonds. The molecule has 33 heavy (non-hydrogen) atoms. The van der Waals surface area contributed by atoms with Crippen molar-refractivity contribution in [2.45, 2.75) is 62.6 Å². The summed E-state index contributed by atoms with van der Waals surface area (Å²) in [5.41, 5.74) is 0.760. The standard InChI is InChI=1S/C24H32N4O4S/c1-24(2,3)28-33(31,32)19-13-11-18(12-14-19)26-23(30)21(16-17-8-5-4-6-9-17)27-22(29)20-10-7-15-25-20/h4-6,8-9,11-14,20-21,25,28H,7,10,15-16H2,1-3H3,(H,26,30)(H,27,29)/t20-,21?/m0/s1. The minimum Gasteiger partial charge on any atom is -0.343 e.